The molecule has 2 N–H and O–H groups in total. The molecule has 7 heteroatoms. The van der Waals surface area contributed by atoms with Gasteiger partial charge in [0.25, 0.3) is 0 Å². The lowest BCUT2D eigenvalue weighted by molar-refractivity contribution is -0.137. The molecule has 0 radical (unpaired) electrons. The third-order valence-corrected chi connectivity index (χ3v) is 5.11. The summed E-state index contributed by atoms with van der Waals surface area (Å²) < 4.78 is 0. The number of nitrogens with zero attached hydrogens (tertiary/aromatic N) is 1. The number of aliphatic carboxylic acids is 1. The monoisotopic (exact) mass is 352 g/mol. The molecular weight excluding hydrogens is 332 g/mol. The van der Waals surface area contributed by atoms with Gasteiger partial charge in [0, 0.05) is 28.0 Å². The molecule has 0 aromatic carbocycles. The minimum absolute atomic E-state index is 0.0565. The van der Waals surface area contributed by atoms with E-state index < -0.39 is 5.97 Å². The Morgan fingerprint density at radius 2 is 2.04 bits per heavy atom. The van der Waals surface area contributed by atoms with Crippen LogP contribution in [-0.2, 0) is 15.0 Å². The van der Waals surface area contributed by atoms with Crippen LogP contribution in [0.15, 0.2) is 22.9 Å². The Labute approximate surface area is 143 Å². The van der Waals surface area contributed by atoms with Crippen molar-refractivity contribution in [2.75, 3.05) is 5.32 Å². The van der Waals surface area contributed by atoms with Gasteiger partial charge in [-0.15, -0.1) is 22.7 Å². The second-order valence-electron chi connectivity index (χ2n) is 6.35. The summed E-state index contributed by atoms with van der Waals surface area (Å²) in [6, 6.07) is 3.73. The first-order valence-corrected chi connectivity index (χ1v) is 9.02. The summed E-state index contributed by atoms with van der Waals surface area (Å²) in [5.41, 5.74) is 0.862. The van der Waals surface area contributed by atoms with Gasteiger partial charge in [-0.25, -0.2) is 4.98 Å². The van der Waals surface area contributed by atoms with Crippen molar-refractivity contribution < 1.29 is 14.7 Å². The van der Waals surface area contributed by atoms with E-state index in [0.717, 1.165) is 10.6 Å². The second kappa shape index (κ2) is 7.23. The Kier molecular flexibility index (Phi) is 5.54. The minimum Gasteiger partial charge on any atom is -0.481 e. The van der Waals surface area contributed by atoms with Gasteiger partial charge < -0.3 is 10.4 Å². The third-order valence-electron chi connectivity index (χ3n) is 3.32. The first kappa shape index (κ1) is 17.6. The lowest BCUT2D eigenvalue weighted by Crippen LogP contribution is -2.17. The maximum atomic E-state index is 12.2. The van der Waals surface area contributed by atoms with E-state index in [-0.39, 0.29) is 30.1 Å². The van der Waals surface area contributed by atoms with E-state index in [1.807, 2.05) is 22.9 Å². The molecule has 0 saturated carbocycles. The molecule has 2 aromatic heterocycles. The van der Waals surface area contributed by atoms with Crippen LogP contribution in [-0.4, -0.2) is 22.0 Å². The summed E-state index contributed by atoms with van der Waals surface area (Å²) in [6.07, 6.45) is 0.0797. The number of hydrogen-bond donors (Lipinski definition) is 2. The summed E-state index contributed by atoms with van der Waals surface area (Å²) in [5.74, 6) is -1.42. The average Bonchev–Trinajstić information content (AvgIpc) is 3.07. The van der Waals surface area contributed by atoms with Crippen LogP contribution in [0, 0.1) is 0 Å². The molecular formula is C16H20N2O3S2. The van der Waals surface area contributed by atoms with Crippen LogP contribution in [0.4, 0.5) is 5.13 Å². The van der Waals surface area contributed by atoms with Crippen molar-refractivity contribution in [1.82, 2.24) is 4.98 Å². The topological polar surface area (TPSA) is 79.3 Å². The third kappa shape index (κ3) is 5.14. The van der Waals surface area contributed by atoms with Crippen molar-refractivity contribution in [3.63, 3.8) is 0 Å². The fraction of sp³-hybridized carbons (Fsp3) is 0.438. The van der Waals surface area contributed by atoms with E-state index >= 15 is 0 Å². The normalized spacial score (nSPS) is 12.8. The summed E-state index contributed by atoms with van der Waals surface area (Å²) in [7, 11) is 0. The average molecular weight is 352 g/mol. The zero-order chi connectivity index (χ0) is 17.0. The number of thiophene rings is 1. The maximum Gasteiger partial charge on any atom is 0.304 e. The highest BCUT2D eigenvalue weighted by Crippen LogP contribution is 2.29. The van der Waals surface area contributed by atoms with Crippen LogP contribution in [0.25, 0.3) is 0 Å². The Morgan fingerprint density at radius 3 is 2.57 bits per heavy atom. The van der Waals surface area contributed by atoms with Gasteiger partial charge in [-0.05, 0) is 11.4 Å². The molecule has 2 heterocycles. The zero-order valence-corrected chi connectivity index (χ0v) is 15.0. The van der Waals surface area contributed by atoms with Gasteiger partial charge >= 0.3 is 5.97 Å². The highest BCUT2D eigenvalue weighted by molar-refractivity contribution is 7.14. The summed E-state index contributed by atoms with van der Waals surface area (Å²) in [4.78, 5) is 28.6. The number of amides is 1. The Morgan fingerprint density at radius 1 is 1.30 bits per heavy atom. The van der Waals surface area contributed by atoms with Gasteiger partial charge in [0.1, 0.15) is 0 Å². The van der Waals surface area contributed by atoms with E-state index in [1.165, 1.54) is 22.7 Å². The van der Waals surface area contributed by atoms with E-state index in [1.54, 1.807) is 0 Å². The Hall–Kier alpha value is -1.73. The van der Waals surface area contributed by atoms with Crippen LogP contribution in [0.1, 0.15) is 50.1 Å². The number of aromatic nitrogens is 1. The van der Waals surface area contributed by atoms with Gasteiger partial charge in [-0.2, -0.15) is 0 Å². The first-order valence-electron chi connectivity index (χ1n) is 7.27. The zero-order valence-electron chi connectivity index (χ0n) is 13.3. The van der Waals surface area contributed by atoms with Crippen molar-refractivity contribution in [3.8, 4) is 0 Å². The van der Waals surface area contributed by atoms with Gasteiger partial charge in [-0.1, -0.05) is 26.8 Å². The maximum absolute atomic E-state index is 12.2. The fourth-order valence-corrected chi connectivity index (χ4v) is 3.86. The lowest BCUT2D eigenvalue weighted by Gasteiger charge is -2.14. The number of thiazole rings is 1. The first-order chi connectivity index (χ1) is 10.8. The number of anilines is 1. The van der Waals surface area contributed by atoms with Crippen LogP contribution in [0.5, 0.6) is 0 Å². The van der Waals surface area contributed by atoms with E-state index in [9.17, 15) is 9.59 Å². The van der Waals surface area contributed by atoms with Crippen molar-refractivity contribution >= 4 is 39.7 Å². The van der Waals surface area contributed by atoms with E-state index in [4.69, 9.17) is 5.11 Å². The minimum atomic E-state index is -0.902. The largest absolute Gasteiger partial charge is 0.481 e. The van der Waals surface area contributed by atoms with Crippen LogP contribution in [0.2, 0.25) is 0 Å². The molecule has 1 atom stereocenters. The van der Waals surface area contributed by atoms with Gasteiger partial charge in [-0.3, -0.25) is 9.59 Å². The smallest absolute Gasteiger partial charge is 0.304 e. The molecule has 0 fully saturated rings. The molecule has 23 heavy (non-hydrogen) atoms. The molecule has 0 bridgehead atoms. The SMILES string of the molecule is CC(C)(C)c1csc(NC(=O)CC(CC(=O)O)c2cccs2)n1. The Bertz CT molecular complexity index is 672. The summed E-state index contributed by atoms with van der Waals surface area (Å²) in [6.45, 7) is 6.19. The lowest BCUT2D eigenvalue weighted by atomic mass is 9.93. The van der Waals surface area contributed by atoms with E-state index in [2.05, 4.69) is 31.1 Å². The quantitative estimate of drug-likeness (QED) is 0.821. The van der Waals surface area contributed by atoms with Crippen LogP contribution in [0.3, 0.4) is 0 Å². The fourth-order valence-electron chi connectivity index (χ4n) is 2.08. The second-order valence-corrected chi connectivity index (χ2v) is 8.19. The highest BCUT2D eigenvalue weighted by atomic mass is 32.1. The van der Waals surface area contributed by atoms with E-state index in [0.29, 0.717) is 5.13 Å². The van der Waals surface area contributed by atoms with Crippen molar-refractivity contribution in [2.45, 2.75) is 44.9 Å². The Balaban J connectivity index is 2.02. The predicted octanol–water partition coefficient (Wildman–Crippen LogP) is 4.09. The predicted molar refractivity (Wildman–Crippen MR) is 93.4 cm³/mol. The van der Waals surface area contributed by atoms with Crippen LogP contribution < -0.4 is 5.32 Å². The molecule has 1 unspecified atom stereocenters. The number of rotatable bonds is 6. The van der Waals surface area contributed by atoms with Gasteiger partial charge in [0.05, 0.1) is 12.1 Å². The van der Waals surface area contributed by atoms with Gasteiger partial charge in [0.2, 0.25) is 5.91 Å². The molecule has 1 amide bonds. The summed E-state index contributed by atoms with van der Waals surface area (Å²) in [5, 5.41) is 16.2. The molecule has 0 spiro atoms. The molecule has 0 aliphatic heterocycles. The molecule has 0 aliphatic rings. The number of carboxylic acids is 1. The molecule has 0 aliphatic carbocycles. The number of carbonyl (C=O) groups is 2. The molecule has 2 rings (SSSR count). The van der Waals surface area contributed by atoms with Gasteiger partial charge in [0.15, 0.2) is 5.13 Å². The standard InChI is InChI=1S/C16H20N2O3S2/c1-16(2,3)12-9-23-15(17-12)18-13(19)7-10(8-14(20)21)11-5-4-6-22-11/h4-6,9-10H,7-8H2,1-3H3,(H,20,21)(H,17,18,19). The van der Waals surface area contributed by atoms with Crippen molar-refractivity contribution in [3.05, 3.63) is 33.5 Å². The number of nitrogens with one attached hydrogen (secondary N) is 1. The van der Waals surface area contributed by atoms with Crippen molar-refractivity contribution in [2.24, 2.45) is 0 Å². The van der Waals surface area contributed by atoms with Crippen molar-refractivity contribution in [1.29, 1.82) is 0 Å². The highest BCUT2D eigenvalue weighted by Gasteiger charge is 2.22. The molecule has 2 aromatic rings. The number of carbonyl (C=O) groups excluding carboxylic acids is 1. The van der Waals surface area contributed by atoms with Crippen LogP contribution >= 0.6 is 22.7 Å². The summed E-state index contributed by atoms with van der Waals surface area (Å²) >= 11 is 2.86. The molecule has 5 nitrogen and oxygen atoms in total. The molecule has 124 valence electrons. The number of hydrogen-bond acceptors (Lipinski definition) is 5. The number of carboxylic acid groups (broad SMARTS) is 1. The molecule has 0 saturated heterocycles.